The summed E-state index contributed by atoms with van der Waals surface area (Å²) in [5, 5.41) is 13.8. The Labute approximate surface area is 388 Å². The Morgan fingerprint density at radius 1 is 0.368 bits per heavy atom. The average Bonchev–Trinajstić information content (AvgIpc) is 3.90. The van der Waals surface area contributed by atoms with E-state index in [0.717, 1.165) is 77.6 Å². The quantitative estimate of drug-likeness (QED) is 0.160. The molecule has 0 fully saturated rings. The maximum absolute atomic E-state index is 15.8. The molecule has 322 valence electrons. The summed E-state index contributed by atoms with van der Waals surface area (Å²) >= 11 is 0. The summed E-state index contributed by atoms with van der Waals surface area (Å²) in [7, 11) is 0. The highest BCUT2D eigenvalue weighted by Gasteiger charge is 2.34. The number of halogens is 3. The number of hydrogen-bond acceptors (Lipinski definition) is 3. The highest BCUT2D eigenvalue weighted by Crippen LogP contribution is 2.46. The van der Waals surface area contributed by atoms with E-state index in [9.17, 15) is 5.26 Å². The molecule has 12 aromatic rings. The summed E-state index contributed by atoms with van der Waals surface area (Å²) in [6.07, 6.45) is -4.74. The molecule has 12 rings (SSSR count). The second-order valence-electron chi connectivity index (χ2n) is 16.8. The second-order valence-corrected chi connectivity index (χ2v) is 16.8. The van der Waals surface area contributed by atoms with Crippen LogP contribution in [0, 0.1) is 11.3 Å². The normalized spacial score (nSPS) is 11.7. The molecule has 0 atom stereocenters. The number of rotatable bonds is 7. The number of alkyl halides is 3. The lowest BCUT2D eigenvalue weighted by Crippen LogP contribution is -2.11. The fraction of sp³-hybridized carbons (Fsp3) is 0.0167. The Bertz CT molecular complexity index is 3750. The zero-order valence-electron chi connectivity index (χ0n) is 36.2. The van der Waals surface area contributed by atoms with Crippen molar-refractivity contribution < 1.29 is 13.2 Å². The fourth-order valence-corrected chi connectivity index (χ4v) is 9.68. The highest BCUT2D eigenvalue weighted by atomic mass is 19.4. The highest BCUT2D eigenvalue weighted by molar-refractivity contribution is 6.13. The number of benzene rings is 8. The van der Waals surface area contributed by atoms with Gasteiger partial charge in [0.2, 0.25) is 0 Å². The van der Waals surface area contributed by atoms with Crippen molar-refractivity contribution in [3.8, 4) is 73.6 Å². The van der Waals surface area contributed by atoms with Gasteiger partial charge < -0.3 is 9.13 Å². The van der Waals surface area contributed by atoms with E-state index in [2.05, 4.69) is 6.07 Å². The lowest BCUT2D eigenvalue weighted by Gasteiger charge is -2.23. The van der Waals surface area contributed by atoms with E-state index in [1.165, 1.54) is 12.1 Å². The van der Waals surface area contributed by atoms with E-state index < -0.39 is 11.7 Å². The average molecular weight is 884 g/mol. The molecule has 0 saturated heterocycles. The van der Waals surface area contributed by atoms with Gasteiger partial charge in [0.15, 0.2) is 0 Å². The predicted octanol–water partition coefficient (Wildman–Crippen LogP) is 15.9. The molecule has 4 heterocycles. The van der Waals surface area contributed by atoms with Crippen LogP contribution in [0.1, 0.15) is 11.1 Å². The molecule has 0 bridgehead atoms. The van der Waals surface area contributed by atoms with E-state index in [4.69, 9.17) is 9.97 Å². The van der Waals surface area contributed by atoms with E-state index in [1.54, 1.807) is 18.2 Å². The van der Waals surface area contributed by atoms with E-state index in [0.29, 0.717) is 39.1 Å². The van der Waals surface area contributed by atoms with Gasteiger partial charge >= 0.3 is 6.18 Å². The van der Waals surface area contributed by atoms with Crippen LogP contribution < -0.4 is 0 Å². The van der Waals surface area contributed by atoms with Gasteiger partial charge in [-0.3, -0.25) is 0 Å². The molecule has 8 aromatic carbocycles. The first-order valence-electron chi connectivity index (χ1n) is 22.2. The molecule has 5 nitrogen and oxygen atoms in total. The van der Waals surface area contributed by atoms with Crippen molar-refractivity contribution in [2.24, 2.45) is 0 Å². The van der Waals surface area contributed by atoms with E-state index >= 15 is 13.2 Å². The van der Waals surface area contributed by atoms with Gasteiger partial charge in [-0.1, -0.05) is 146 Å². The van der Waals surface area contributed by atoms with Crippen LogP contribution in [0.5, 0.6) is 0 Å². The standard InChI is InChI=1S/C60H36F3N5/c61-60(62,63)44-35-57(67-53-26-9-7-20-45(53)47-30-28-41(33-55(47)67)51-24-12-22-49(65-51)39-15-3-1-4-16-39)59(43-19-11-14-38(32-43)37-64)58(36-44)68-54-27-10-8-21-46(54)48-31-29-42(34-56(48)68)52-25-13-23-50(66-52)40-17-5-2-6-18-40/h1-36H. The van der Waals surface area contributed by atoms with E-state index in [-0.39, 0.29) is 0 Å². The Hall–Kier alpha value is -9.06. The van der Waals surface area contributed by atoms with Gasteiger partial charge in [-0.15, -0.1) is 0 Å². The molecule has 0 unspecified atom stereocenters. The zero-order valence-corrected chi connectivity index (χ0v) is 36.2. The first-order valence-corrected chi connectivity index (χ1v) is 22.2. The summed E-state index contributed by atoms with van der Waals surface area (Å²) in [6.45, 7) is 0. The zero-order chi connectivity index (χ0) is 45.9. The first-order chi connectivity index (χ1) is 33.3. The van der Waals surface area contributed by atoms with Crippen molar-refractivity contribution in [1.29, 1.82) is 5.26 Å². The summed E-state index contributed by atoms with van der Waals surface area (Å²) in [4.78, 5) is 10.1. The second kappa shape index (κ2) is 16.1. The van der Waals surface area contributed by atoms with Crippen LogP contribution in [0.2, 0.25) is 0 Å². The molecule has 4 aromatic heterocycles. The molecular formula is C60H36F3N5. The van der Waals surface area contributed by atoms with Crippen LogP contribution in [0.4, 0.5) is 13.2 Å². The Balaban J connectivity index is 1.18. The summed E-state index contributed by atoms with van der Waals surface area (Å²) in [6, 6.07) is 71.3. The molecule has 0 spiro atoms. The molecule has 0 saturated carbocycles. The minimum Gasteiger partial charge on any atom is -0.309 e. The topological polar surface area (TPSA) is 59.4 Å². The minimum absolute atomic E-state index is 0.304. The molecule has 68 heavy (non-hydrogen) atoms. The predicted molar refractivity (Wildman–Crippen MR) is 268 cm³/mol. The SMILES string of the molecule is N#Cc1cccc(-c2c(-n3c4ccccc4c4ccc(-c5cccc(-c6ccccc6)n5)cc43)cc(C(F)(F)F)cc2-n2c3ccccc3c3ccc(-c4cccc(-c5ccccc5)n4)cc32)c1. The molecule has 0 radical (unpaired) electrons. The van der Waals surface area contributed by atoms with Crippen LogP contribution in [0.3, 0.4) is 0 Å². The van der Waals surface area contributed by atoms with Crippen molar-refractivity contribution in [3.63, 3.8) is 0 Å². The third-order valence-corrected chi connectivity index (χ3v) is 12.8. The molecule has 0 aliphatic rings. The Morgan fingerprint density at radius 3 is 1.25 bits per heavy atom. The van der Waals surface area contributed by atoms with E-state index in [1.807, 2.05) is 197 Å². The summed E-state index contributed by atoms with van der Waals surface area (Å²) in [5.41, 5.74) is 10.7. The van der Waals surface area contributed by atoms with Crippen LogP contribution in [0.25, 0.3) is 111 Å². The van der Waals surface area contributed by atoms with Crippen molar-refractivity contribution in [3.05, 3.63) is 230 Å². The molecular weight excluding hydrogens is 848 g/mol. The van der Waals surface area contributed by atoms with Crippen molar-refractivity contribution in [1.82, 2.24) is 19.1 Å². The smallest absolute Gasteiger partial charge is 0.309 e. The minimum atomic E-state index is -4.74. The van der Waals surface area contributed by atoms with Gasteiger partial charge in [-0.25, -0.2) is 9.97 Å². The third-order valence-electron chi connectivity index (χ3n) is 12.8. The van der Waals surface area contributed by atoms with Gasteiger partial charge in [0, 0.05) is 49.4 Å². The monoisotopic (exact) mass is 883 g/mol. The number of nitriles is 1. The van der Waals surface area contributed by atoms with Crippen LogP contribution in [-0.4, -0.2) is 19.1 Å². The van der Waals surface area contributed by atoms with Gasteiger partial charge in [-0.05, 0) is 78.4 Å². The number of para-hydroxylation sites is 2. The first kappa shape index (κ1) is 40.4. The number of nitrogens with zero attached hydrogens (tertiary/aromatic N) is 5. The lowest BCUT2D eigenvalue weighted by atomic mass is 9.96. The molecule has 0 amide bonds. The van der Waals surface area contributed by atoms with Gasteiger partial charge in [0.05, 0.1) is 73.4 Å². The van der Waals surface area contributed by atoms with Gasteiger partial charge in [0.25, 0.3) is 0 Å². The summed E-state index contributed by atoms with van der Waals surface area (Å²) in [5.74, 6) is 0. The number of fused-ring (bicyclic) bond motifs is 6. The van der Waals surface area contributed by atoms with Gasteiger partial charge in [-0.2, -0.15) is 18.4 Å². The third kappa shape index (κ3) is 6.88. The number of hydrogen-bond donors (Lipinski definition) is 0. The van der Waals surface area contributed by atoms with Crippen LogP contribution in [0.15, 0.2) is 218 Å². The van der Waals surface area contributed by atoms with Crippen molar-refractivity contribution in [2.75, 3.05) is 0 Å². The van der Waals surface area contributed by atoms with Crippen molar-refractivity contribution in [2.45, 2.75) is 6.18 Å². The van der Waals surface area contributed by atoms with Crippen molar-refractivity contribution >= 4 is 43.6 Å². The largest absolute Gasteiger partial charge is 0.416 e. The molecule has 0 aliphatic heterocycles. The van der Waals surface area contributed by atoms with Crippen LogP contribution >= 0.6 is 0 Å². The Kier molecular flexibility index (Phi) is 9.59. The maximum Gasteiger partial charge on any atom is 0.416 e. The molecule has 8 heteroatoms. The fourth-order valence-electron chi connectivity index (χ4n) is 9.68. The summed E-state index contributed by atoms with van der Waals surface area (Å²) < 4.78 is 51.3. The Morgan fingerprint density at radius 2 is 0.779 bits per heavy atom. The maximum atomic E-state index is 15.8. The lowest BCUT2D eigenvalue weighted by molar-refractivity contribution is -0.137. The van der Waals surface area contributed by atoms with Crippen LogP contribution in [-0.2, 0) is 6.18 Å². The van der Waals surface area contributed by atoms with Gasteiger partial charge in [0.1, 0.15) is 0 Å². The molecule has 0 aliphatic carbocycles. The molecule has 0 N–H and O–H groups in total. The number of aromatic nitrogens is 4. The number of pyridine rings is 2.